The van der Waals surface area contributed by atoms with Crippen molar-refractivity contribution in [3.63, 3.8) is 0 Å². The van der Waals surface area contributed by atoms with Crippen LogP contribution in [0, 0.1) is 5.41 Å². The van der Waals surface area contributed by atoms with Gasteiger partial charge in [-0.15, -0.1) is 0 Å². The van der Waals surface area contributed by atoms with E-state index in [1.54, 1.807) is 0 Å². The Bertz CT molecular complexity index is 172. The summed E-state index contributed by atoms with van der Waals surface area (Å²) < 4.78 is 5.61. The summed E-state index contributed by atoms with van der Waals surface area (Å²) in [6, 6.07) is 0. The lowest BCUT2D eigenvalue weighted by Gasteiger charge is -2.36. The van der Waals surface area contributed by atoms with Crippen molar-refractivity contribution in [2.45, 2.75) is 45.8 Å². The van der Waals surface area contributed by atoms with Gasteiger partial charge in [0.2, 0.25) is 0 Å². The number of ether oxygens (including phenoxy) is 1. The van der Waals surface area contributed by atoms with E-state index in [2.05, 4.69) is 25.7 Å². The van der Waals surface area contributed by atoms with Gasteiger partial charge in [0.05, 0.1) is 18.0 Å². The van der Waals surface area contributed by atoms with E-state index >= 15 is 0 Å². The van der Waals surface area contributed by atoms with Crippen LogP contribution in [0.4, 0.5) is 0 Å². The number of hydrogen-bond acceptors (Lipinski definition) is 2. The van der Waals surface area contributed by atoms with E-state index < -0.39 is 0 Å². The van der Waals surface area contributed by atoms with Crippen molar-refractivity contribution in [3.05, 3.63) is 0 Å². The number of hydrogen-bond donors (Lipinski definition) is 1. The summed E-state index contributed by atoms with van der Waals surface area (Å²) in [5.74, 6) is 0.768. The predicted octanol–water partition coefficient (Wildman–Crippen LogP) is 1.87. The maximum Gasteiger partial charge on any atom is 0.0959 e. The molecule has 1 aliphatic heterocycles. The second-order valence-electron chi connectivity index (χ2n) is 3.86. The standard InChI is InChI=1S/C10H20N2O/c1-4-5-10(11)12-6-8(2)13-9(3)7-12/h8-9,11H,4-7H2,1-3H3. The Morgan fingerprint density at radius 2 is 1.92 bits per heavy atom. The normalized spacial score (nSPS) is 29.0. The molecule has 0 aliphatic carbocycles. The quantitative estimate of drug-likeness (QED) is 0.525. The number of rotatable bonds is 2. The van der Waals surface area contributed by atoms with Gasteiger partial charge in [-0.3, -0.25) is 5.41 Å². The highest BCUT2D eigenvalue weighted by Gasteiger charge is 2.23. The van der Waals surface area contributed by atoms with E-state index in [9.17, 15) is 0 Å². The van der Waals surface area contributed by atoms with Crippen LogP contribution in [0.5, 0.6) is 0 Å². The van der Waals surface area contributed by atoms with E-state index in [0.29, 0.717) is 0 Å². The maximum atomic E-state index is 7.83. The summed E-state index contributed by atoms with van der Waals surface area (Å²) in [5, 5.41) is 7.83. The molecular formula is C10H20N2O. The summed E-state index contributed by atoms with van der Waals surface area (Å²) in [6.07, 6.45) is 2.47. The largest absolute Gasteiger partial charge is 0.372 e. The first-order valence-corrected chi connectivity index (χ1v) is 5.11. The number of nitrogens with zero attached hydrogens (tertiary/aromatic N) is 1. The molecule has 3 nitrogen and oxygen atoms in total. The first-order valence-electron chi connectivity index (χ1n) is 5.11. The third kappa shape index (κ3) is 2.99. The van der Waals surface area contributed by atoms with Crippen LogP contribution in [-0.2, 0) is 4.74 Å². The molecule has 13 heavy (non-hydrogen) atoms. The van der Waals surface area contributed by atoms with Crippen molar-refractivity contribution < 1.29 is 4.74 Å². The highest BCUT2D eigenvalue weighted by Crippen LogP contribution is 2.12. The summed E-state index contributed by atoms with van der Waals surface area (Å²) in [4.78, 5) is 2.14. The van der Waals surface area contributed by atoms with Crippen LogP contribution in [-0.4, -0.2) is 36.0 Å². The van der Waals surface area contributed by atoms with Crippen LogP contribution in [0.3, 0.4) is 0 Å². The lowest BCUT2D eigenvalue weighted by atomic mass is 10.2. The molecule has 0 aromatic rings. The molecule has 0 amide bonds. The summed E-state index contributed by atoms with van der Waals surface area (Å²) in [6.45, 7) is 8.01. The SMILES string of the molecule is CCCC(=N)N1CC(C)OC(C)C1. The Labute approximate surface area is 80.6 Å². The van der Waals surface area contributed by atoms with Gasteiger partial charge < -0.3 is 9.64 Å². The van der Waals surface area contributed by atoms with Crippen molar-refractivity contribution in [3.8, 4) is 0 Å². The minimum atomic E-state index is 0.265. The fourth-order valence-electron chi connectivity index (χ4n) is 1.79. The van der Waals surface area contributed by atoms with Gasteiger partial charge in [-0.25, -0.2) is 0 Å². The highest BCUT2D eigenvalue weighted by molar-refractivity contribution is 5.79. The van der Waals surface area contributed by atoms with Crippen molar-refractivity contribution in [2.24, 2.45) is 0 Å². The van der Waals surface area contributed by atoms with Crippen LogP contribution < -0.4 is 0 Å². The Morgan fingerprint density at radius 1 is 1.38 bits per heavy atom. The molecule has 1 rings (SSSR count). The molecule has 1 aliphatic rings. The molecule has 0 radical (unpaired) electrons. The van der Waals surface area contributed by atoms with Crippen LogP contribution in [0.15, 0.2) is 0 Å². The zero-order valence-electron chi connectivity index (χ0n) is 8.84. The van der Waals surface area contributed by atoms with Gasteiger partial charge >= 0.3 is 0 Å². The molecular weight excluding hydrogens is 164 g/mol. The van der Waals surface area contributed by atoms with Crippen LogP contribution in [0.1, 0.15) is 33.6 Å². The van der Waals surface area contributed by atoms with Gasteiger partial charge in [0.25, 0.3) is 0 Å². The molecule has 0 aromatic carbocycles. The van der Waals surface area contributed by atoms with E-state index in [4.69, 9.17) is 10.1 Å². The molecule has 0 saturated carbocycles. The van der Waals surface area contributed by atoms with Gasteiger partial charge in [-0.1, -0.05) is 6.92 Å². The fourth-order valence-corrected chi connectivity index (χ4v) is 1.79. The van der Waals surface area contributed by atoms with Crippen LogP contribution in [0.25, 0.3) is 0 Å². The molecule has 0 aromatic heterocycles. The van der Waals surface area contributed by atoms with Crippen LogP contribution >= 0.6 is 0 Å². The van der Waals surface area contributed by atoms with Gasteiger partial charge in [0, 0.05) is 19.5 Å². The van der Waals surface area contributed by atoms with Gasteiger partial charge in [-0.05, 0) is 20.3 Å². The highest BCUT2D eigenvalue weighted by atomic mass is 16.5. The smallest absolute Gasteiger partial charge is 0.0959 e. The molecule has 2 atom stereocenters. The molecule has 3 heteroatoms. The number of morpholine rings is 1. The summed E-state index contributed by atoms with van der Waals surface area (Å²) >= 11 is 0. The molecule has 1 N–H and O–H groups in total. The lowest BCUT2D eigenvalue weighted by Crippen LogP contribution is -2.47. The van der Waals surface area contributed by atoms with E-state index in [1.807, 2.05) is 0 Å². The second-order valence-corrected chi connectivity index (χ2v) is 3.86. The number of amidine groups is 1. The fraction of sp³-hybridized carbons (Fsp3) is 0.900. The first kappa shape index (κ1) is 10.5. The van der Waals surface area contributed by atoms with Crippen molar-refractivity contribution in [1.29, 1.82) is 5.41 Å². The molecule has 1 saturated heterocycles. The maximum absolute atomic E-state index is 7.83. The Kier molecular flexibility index (Phi) is 3.72. The van der Waals surface area contributed by atoms with E-state index in [-0.39, 0.29) is 12.2 Å². The molecule has 1 heterocycles. The Balaban J connectivity index is 2.45. The van der Waals surface area contributed by atoms with Crippen molar-refractivity contribution in [1.82, 2.24) is 4.90 Å². The topological polar surface area (TPSA) is 36.3 Å². The monoisotopic (exact) mass is 184 g/mol. The molecule has 0 bridgehead atoms. The molecule has 76 valence electrons. The Morgan fingerprint density at radius 3 is 2.38 bits per heavy atom. The zero-order valence-corrected chi connectivity index (χ0v) is 8.84. The third-order valence-corrected chi connectivity index (χ3v) is 2.29. The van der Waals surface area contributed by atoms with Gasteiger partial charge in [0.15, 0.2) is 0 Å². The zero-order chi connectivity index (χ0) is 9.84. The van der Waals surface area contributed by atoms with Gasteiger partial charge in [0.1, 0.15) is 0 Å². The average molecular weight is 184 g/mol. The minimum absolute atomic E-state index is 0.265. The summed E-state index contributed by atoms with van der Waals surface area (Å²) in [5.41, 5.74) is 0. The van der Waals surface area contributed by atoms with Crippen molar-refractivity contribution in [2.75, 3.05) is 13.1 Å². The first-order chi connectivity index (χ1) is 6.13. The minimum Gasteiger partial charge on any atom is -0.372 e. The van der Waals surface area contributed by atoms with Crippen molar-refractivity contribution >= 4 is 5.84 Å². The summed E-state index contributed by atoms with van der Waals surface area (Å²) in [7, 11) is 0. The average Bonchev–Trinajstić information content (AvgIpc) is 2.03. The molecule has 0 spiro atoms. The van der Waals surface area contributed by atoms with Gasteiger partial charge in [-0.2, -0.15) is 0 Å². The Hall–Kier alpha value is -0.570. The molecule has 1 fully saturated rings. The van der Waals surface area contributed by atoms with E-state index in [0.717, 1.165) is 31.8 Å². The molecule has 2 unspecified atom stereocenters. The second kappa shape index (κ2) is 4.61. The lowest BCUT2D eigenvalue weighted by molar-refractivity contribution is -0.0487. The van der Waals surface area contributed by atoms with E-state index in [1.165, 1.54) is 0 Å². The number of nitrogens with one attached hydrogen (secondary N) is 1. The van der Waals surface area contributed by atoms with Crippen LogP contribution in [0.2, 0.25) is 0 Å². The predicted molar refractivity (Wildman–Crippen MR) is 54.2 cm³/mol. The third-order valence-electron chi connectivity index (χ3n) is 2.29.